The molecule has 0 N–H and O–H groups in total. The largest absolute Gasteiger partial charge is 0.226 e. The molecule has 0 spiro atoms. The molecule has 5 heteroatoms. The molecule has 0 fully saturated rings. The molecular formula is C28H17ClN4. The highest BCUT2D eigenvalue weighted by Crippen LogP contribution is 2.27. The van der Waals surface area contributed by atoms with Crippen LogP contribution in [0.2, 0.25) is 5.28 Å². The van der Waals surface area contributed by atoms with E-state index in [1.807, 2.05) is 84.9 Å². The third kappa shape index (κ3) is 4.50. The number of nitriles is 1. The predicted octanol–water partition coefficient (Wildman–Crippen LogP) is 7.06. The van der Waals surface area contributed by atoms with Crippen molar-refractivity contribution in [3.05, 3.63) is 114 Å². The Morgan fingerprint density at radius 3 is 1.58 bits per heavy atom. The number of benzene rings is 4. The van der Waals surface area contributed by atoms with Gasteiger partial charge >= 0.3 is 0 Å². The van der Waals surface area contributed by atoms with E-state index in [1.165, 1.54) is 0 Å². The lowest BCUT2D eigenvalue weighted by Crippen LogP contribution is -1.97. The molecule has 5 rings (SSSR count). The summed E-state index contributed by atoms with van der Waals surface area (Å²) in [7, 11) is 0. The molecule has 5 aromatic rings. The predicted molar refractivity (Wildman–Crippen MR) is 131 cm³/mol. The zero-order chi connectivity index (χ0) is 22.6. The highest BCUT2D eigenvalue weighted by Gasteiger charge is 2.10. The first-order valence-corrected chi connectivity index (χ1v) is 10.8. The SMILES string of the molecule is N#Cc1cccc(-c2ccc(-c3nc(Cl)nc(-c4ccc(-c5ccccc5)cc4)n3)cc2)c1. The van der Waals surface area contributed by atoms with Gasteiger partial charge in [-0.3, -0.25) is 0 Å². The van der Waals surface area contributed by atoms with Crippen molar-refractivity contribution >= 4 is 11.6 Å². The second-order valence-corrected chi connectivity index (χ2v) is 7.80. The van der Waals surface area contributed by atoms with E-state index in [2.05, 4.69) is 33.2 Å². The minimum Gasteiger partial charge on any atom is -0.208 e. The normalized spacial score (nSPS) is 10.5. The summed E-state index contributed by atoms with van der Waals surface area (Å²) in [6.07, 6.45) is 0. The summed E-state index contributed by atoms with van der Waals surface area (Å²) in [5.74, 6) is 1.03. The van der Waals surface area contributed by atoms with Crippen molar-refractivity contribution in [2.45, 2.75) is 0 Å². The van der Waals surface area contributed by atoms with E-state index < -0.39 is 0 Å². The zero-order valence-electron chi connectivity index (χ0n) is 17.5. The van der Waals surface area contributed by atoms with Gasteiger partial charge in [-0.25, -0.2) is 4.98 Å². The van der Waals surface area contributed by atoms with Gasteiger partial charge in [-0.15, -0.1) is 0 Å². The molecule has 4 aromatic carbocycles. The molecule has 156 valence electrons. The lowest BCUT2D eigenvalue weighted by Gasteiger charge is -2.07. The van der Waals surface area contributed by atoms with Gasteiger partial charge in [-0.1, -0.05) is 91.0 Å². The maximum atomic E-state index is 9.14. The van der Waals surface area contributed by atoms with Gasteiger partial charge in [0.15, 0.2) is 11.6 Å². The van der Waals surface area contributed by atoms with Crippen molar-refractivity contribution in [1.29, 1.82) is 5.26 Å². The summed E-state index contributed by atoms with van der Waals surface area (Å²) >= 11 is 6.24. The van der Waals surface area contributed by atoms with Gasteiger partial charge < -0.3 is 0 Å². The van der Waals surface area contributed by atoms with E-state index in [1.54, 1.807) is 6.07 Å². The molecule has 1 heterocycles. The maximum Gasteiger partial charge on any atom is 0.226 e. The highest BCUT2D eigenvalue weighted by molar-refractivity contribution is 6.28. The molecule has 0 saturated heterocycles. The molecule has 0 amide bonds. The summed E-state index contributed by atoms with van der Waals surface area (Å²) in [5, 5.41) is 9.28. The van der Waals surface area contributed by atoms with Crippen LogP contribution in [0.1, 0.15) is 5.56 Å². The van der Waals surface area contributed by atoms with Gasteiger partial charge in [0.25, 0.3) is 0 Å². The van der Waals surface area contributed by atoms with Crippen molar-refractivity contribution < 1.29 is 0 Å². The van der Waals surface area contributed by atoms with Gasteiger partial charge in [0.1, 0.15) is 0 Å². The third-order valence-corrected chi connectivity index (χ3v) is 5.50. The molecule has 0 aliphatic carbocycles. The van der Waals surface area contributed by atoms with Gasteiger partial charge in [0, 0.05) is 11.1 Å². The molecule has 0 radical (unpaired) electrons. The molecular weight excluding hydrogens is 428 g/mol. The number of rotatable bonds is 4. The molecule has 4 nitrogen and oxygen atoms in total. The lowest BCUT2D eigenvalue weighted by atomic mass is 10.0. The van der Waals surface area contributed by atoms with Gasteiger partial charge in [0.2, 0.25) is 5.28 Å². The van der Waals surface area contributed by atoms with Crippen LogP contribution in [-0.4, -0.2) is 15.0 Å². The summed E-state index contributed by atoms with van der Waals surface area (Å²) in [5.41, 5.74) is 6.59. The Hall–Kier alpha value is -4.33. The van der Waals surface area contributed by atoms with Gasteiger partial charge in [-0.05, 0) is 46.0 Å². The van der Waals surface area contributed by atoms with Crippen LogP contribution in [-0.2, 0) is 0 Å². The smallest absolute Gasteiger partial charge is 0.208 e. The van der Waals surface area contributed by atoms with Crippen molar-refractivity contribution in [3.8, 4) is 51.1 Å². The Balaban J connectivity index is 1.45. The lowest BCUT2D eigenvalue weighted by molar-refractivity contribution is 1.07. The molecule has 0 aliphatic heterocycles. The van der Waals surface area contributed by atoms with Crippen LogP contribution in [0, 0.1) is 11.3 Å². The zero-order valence-corrected chi connectivity index (χ0v) is 18.2. The second-order valence-electron chi connectivity index (χ2n) is 7.46. The molecule has 33 heavy (non-hydrogen) atoms. The van der Waals surface area contributed by atoms with Crippen molar-refractivity contribution in [2.24, 2.45) is 0 Å². The van der Waals surface area contributed by atoms with E-state index in [4.69, 9.17) is 16.9 Å². The molecule has 1 aromatic heterocycles. The van der Waals surface area contributed by atoms with Crippen LogP contribution in [0.15, 0.2) is 103 Å². The number of aromatic nitrogens is 3. The van der Waals surface area contributed by atoms with Crippen molar-refractivity contribution in [3.63, 3.8) is 0 Å². The quantitative estimate of drug-likeness (QED) is 0.297. The Morgan fingerprint density at radius 1 is 0.515 bits per heavy atom. The van der Waals surface area contributed by atoms with E-state index in [-0.39, 0.29) is 5.28 Å². The second kappa shape index (κ2) is 9.04. The highest BCUT2D eigenvalue weighted by atomic mass is 35.5. The summed E-state index contributed by atoms with van der Waals surface area (Å²) < 4.78 is 0. The molecule has 0 bridgehead atoms. The van der Waals surface area contributed by atoms with E-state index in [9.17, 15) is 0 Å². The Labute approximate surface area is 196 Å². The van der Waals surface area contributed by atoms with Crippen molar-refractivity contribution in [2.75, 3.05) is 0 Å². The fourth-order valence-electron chi connectivity index (χ4n) is 3.63. The minimum absolute atomic E-state index is 0.146. The first-order valence-electron chi connectivity index (χ1n) is 10.4. The van der Waals surface area contributed by atoms with E-state index >= 15 is 0 Å². The average molecular weight is 445 g/mol. The molecule has 0 atom stereocenters. The van der Waals surface area contributed by atoms with Crippen LogP contribution in [0.4, 0.5) is 0 Å². The Kier molecular flexibility index (Phi) is 5.63. The Bertz CT molecular complexity index is 1460. The number of hydrogen-bond donors (Lipinski definition) is 0. The molecule has 0 aliphatic rings. The van der Waals surface area contributed by atoms with Gasteiger partial charge in [0.05, 0.1) is 11.6 Å². The Morgan fingerprint density at radius 2 is 1.00 bits per heavy atom. The number of nitrogens with zero attached hydrogens (tertiary/aromatic N) is 4. The summed E-state index contributed by atoms with van der Waals surface area (Å²) in [6.45, 7) is 0. The molecule has 0 saturated carbocycles. The van der Waals surface area contributed by atoms with Crippen LogP contribution in [0.25, 0.3) is 45.0 Å². The van der Waals surface area contributed by atoms with Crippen LogP contribution >= 0.6 is 11.6 Å². The third-order valence-electron chi connectivity index (χ3n) is 5.33. The van der Waals surface area contributed by atoms with E-state index in [0.29, 0.717) is 17.2 Å². The summed E-state index contributed by atoms with van der Waals surface area (Å²) in [6, 6.07) is 35.8. The van der Waals surface area contributed by atoms with Gasteiger partial charge in [-0.2, -0.15) is 15.2 Å². The topological polar surface area (TPSA) is 62.5 Å². The van der Waals surface area contributed by atoms with E-state index in [0.717, 1.165) is 33.4 Å². The minimum atomic E-state index is 0.146. The standard InChI is InChI=1S/C28H17ClN4/c29-28-32-26(23-13-9-21(10-14-23)20-6-2-1-3-7-20)31-27(33-28)24-15-11-22(12-16-24)25-8-4-5-19(17-25)18-30/h1-17H. The van der Waals surface area contributed by atoms with Crippen molar-refractivity contribution in [1.82, 2.24) is 15.0 Å². The molecule has 0 unspecified atom stereocenters. The average Bonchev–Trinajstić information content (AvgIpc) is 2.89. The monoisotopic (exact) mass is 444 g/mol. The maximum absolute atomic E-state index is 9.14. The summed E-state index contributed by atoms with van der Waals surface area (Å²) in [4.78, 5) is 13.3. The van der Waals surface area contributed by atoms with Crippen LogP contribution in [0.3, 0.4) is 0 Å². The fraction of sp³-hybridized carbons (Fsp3) is 0. The van der Waals surface area contributed by atoms with Crippen LogP contribution in [0.5, 0.6) is 0 Å². The fourth-order valence-corrected chi connectivity index (χ4v) is 3.79. The number of hydrogen-bond acceptors (Lipinski definition) is 4. The first kappa shape index (κ1) is 20.6. The van der Waals surface area contributed by atoms with Crippen LogP contribution < -0.4 is 0 Å². The first-order chi connectivity index (χ1) is 16.2. The number of halogens is 1.